The molecule has 4 nitrogen and oxygen atoms in total. The summed E-state index contributed by atoms with van der Waals surface area (Å²) in [5.74, 6) is 0. The summed E-state index contributed by atoms with van der Waals surface area (Å²) in [6, 6.07) is 3.62. The average molecular weight is 252 g/mol. The third kappa shape index (κ3) is 2.13. The van der Waals surface area contributed by atoms with Gasteiger partial charge in [0.2, 0.25) is 0 Å². The SMILES string of the molecule is CCn1nc(C)c(Cl)c1Cn1cccc1C=O. The van der Waals surface area contributed by atoms with Gasteiger partial charge in [0.15, 0.2) is 6.29 Å². The lowest BCUT2D eigenvalue weighted by molar-refractivity contribution is 0.111. The summed E-state index contributed by atoms with van der Waals surface area (Å²) in [7, 11) is 0. The first-order valence-corrected chi connectivity index (χ1v) is 5.87. The Morgan fingerprint density at radius 1 is 1.53 bits per heavy atom. The second kappa shape index (κ2) is 4.75. The number of aromatic nitrogens is 3. The second-order valence-electron chi connectivity index (χ2n) is 3.84. The van der Waals surface area contributed by atoms with Crippen LogP contribution >= 0.6 is 11.6 Å². The van der Waals surface area contributed by atoms with E-state index in [0.29, 0.717) is 17.3 Å². The van der Waals surface area contributed by atoms with Crippen molar-refractivity contribution in [1.29, 1.82) is 0 Å². The zero-order chi connectivity index (χ0) is 12.4. The normalized spacial score (nSPS) is 10.8. The molecule has 17 heavy (non-hydrogen) atoms. The van der Waals surface area contributed by atoms with E-state index in [2.05, 4.69) is 5.10 Å². The second-order valence-corrected chi connectivity index (χ2v) is 4.22. The fourth-order valence-corrected chi connectivity index (χ4v) is 2.05. The largest absolute Gasteiger partial charge is 0.339 e. The summed E-state index contributed by atoms with van der Waals surface area (Å²) < 4.78 is 3.73. The number of aldehydes is 1. The van der Waals surface area contributed by atoms with E-state index in [0.717, 1.165) is 24.2 Å². The van der Waals surface area contributed by atoms with Crippen molar-refractivity contribution in [3.63, 3.8) is 0 Å². The molecule has 0 saturated carbocycles. The summed E-state index contributed by atoms with van der Waals surface area (Å²) in [6.45, 7) is 5.23. The van der Waals surface area contributed by atoms with E-state index in [4.69, 9.17) is 11.6 Å². The van der Waals surface area contributed by atoms with Crippen molar-refractivity contribution in [2.24, 2.45) is 0 Å². The van der Waals surface area contributed by atoms with Crippen molar-refractivity contribution in [3.05, 3.63) is 40.4 Å². The zero-order valence-corrected chi connectivity index (χ0v) is 10.6. The Labute approximate surface area is 105 Å². The molecule has 90 valence electrons. The molecular formula is C12H14ClN3O. The molecule has 0 amide bonds. The first-order valence-electron chi connectivity index (χ1n) is 5.49. The number of aryl methyl sites for hydroxylation is 2. The molecule has 2 aromatic heterocycles. The number of carbonyl (C=O) groups is 1. The van der Waals surface area contributed by atoms with Crippen LogP contribution in [0.3, 0.4) is 0 Å². The number of rotatable bonds is 4. The van der Waals surface area contributed by atoms with Crippen LogP contribution in [0.1, 0.15) is 28.8 Å². The number of hydrogen-bond donors (Lipinski definition) is 0. The van der Waals surface area contributed by atoms with E-state index in [-0.39, 0.29) is 0 Å². The van der Waals surface area contributed by atoms with Crippen molar-refractivity contribution in [3.8, 4) is 0 Å². The molecule has 0 unspecified atom stereocenters. The van der Waals surface area contributed by atoms with Gasteiger partial charge in [-0.15, -0.1) is 0 Å². The fraction of sp³-hybridized carbons (Fsp3) is 0.333. The Bertz CT molecular complexity index is 542. The molecule has 0 aliphatic carbocycles. The highest BCUT2D eigenvalue weighted by Gasteiger charge is 2.13. The lowest BCUT2D eigenvalue weighted by Gasteiger charge is -2.08. The highest BCUT2D eigenvalue weighted by atomic mass is 35.5. The summed E-state index contributed by atoms with van der Waals surface area (Å²) in [4.78, 5) is 10.8. The summed E-state index contributed by atoms with van der Waals surface area (Å²) >= 11 is 6.22. The lowest BCUT2D eigenvalue weighted by atomic mass is 10.3. The van der Waals surface area contributed by atoms with Crippen LogP contribution in [0.2, 0.25) is 5.02 Å². The van der Waals surface area contributed by atoms with Crippen LogP contribution in [0.5, 0.6) is 0 Å². The molecule has 0 aromatic carbocycles. The van der Waals surface area contributed by atoms with Crippen LogP contribution in [-0.4, -0.2) is 20.6 Å². The lowest BCUT2D eigenvalue weighted by Crippen LogP contribution is -2.09. The maximum Gasteiger partial charge on any atom is 0.166 e. The molecule has 0 saturated heterocycles. The molecule has 2 aromatic rings. The van der Waals surface area contributed by atoms with E-state index in [1.165, 1.54) is 0 Å². The standard InChI is InChI=1S/C12H14ClN3O/c1-3-16-11(12(13)9(2)14-16)7-15-6-4-5-10(15)8-17/h4-6,8H,3,7H2,1-2H3. The smallest absolute Gasteiger partial charge is 0.166 e. The Morgan fingerprint density at radius 3 is 2.94 bits per heavy atom. The number of carbonyl (C=O) groups excluding carboxylic acids is 1. The maximum absolute atomic E-state index is 10.8. The third-order valence-electron chi connectivity index (χ3n) is 2.76. The predicted molar refractivity (Wildman–Crippen MR) is 66.6 cm³/mol. The zero-order valence-electron chi connectivity index (χ0n) is 9.85. The van der Waals surface area contributed by atoms with Crippen molar-refractivity contribution in [2.75, 3.05) is 0 Å². The van der Waals surface area contributed by atoms with E-state index >= 15 is 0 Å². The van der Waals surface area contributed by atoms with Crippen LogP contribution in [0, 0.1) is 6.92 Å². The molecule has 5 heteroatoms. The van der Waals surface area contributed by atoms with Crippen molar-refractivity contribution in [2.45, 2.75) is 26.9 Å². The summed E-state index contributed by atoms with van der Waals surface area (Å²) in [6.07, 6.45) is 2.70. The number of hydrogen-bond acceptors (Lipinski definition) is 2. The monoisotopic (exact) mass is 251 g/mol. The highest BCUT2D eigenvalue weighted by molar-refractivity contribution is 6.31. The molecular weight excluding hydrogens is 238 g/mol. The molecule has 2 heterocycles. The van der Waals surface area contributed by atoms with Crippen LogP contribution in [0.4, 0.5) is 0 Å². The van der Waals surface area contributed by atoms with Gasteiger partial charge in [-0.3, -0.25) is 9.48 Å². The molecule has 0 bridgehead atoms. The Kier molecular flexibility index (Phi) is 3.33. The topological polar surface area (TPSA) is 39.8 Å². The van der Waals surface area contributed by atoms with Gasteiger partial charge in [0.1, 0.15) is 0 Å². The molecule has 0 fully saturated rings. The van der Waals surface area contributed by atoms with E-state index < -0.39 is 0 Å². The van der Waals surface area contributed by atoms with Crippen LogP contribution in [0.15, 0.2) is 18.3 Å². The maximum atomic E-state index is 10.8. The minimum atomic E-state index is 0.564. The van der Waals surface area contributed by atoms with Crippen molar-refractivity contribution in [1.82, 2.24) is 14.3 Å². The minimum absolute atomic E-state index is 0.564. The van der Waals surface area contributed by atoms with Gasteiger partial charge in [-0.25, -0.2) is 0 Å². The fourth-order valence-electron chi connectivity index (χ4n) is 1.86. The predicted octanol–water partition coefficient (Wildman–Crippen LogP) is 2.53. The summed E-state index contributed by atoms with van der Waals surface area (Å²) in [5, 5.41) is 5.03. The van der Waals surface area contributed by atoms with Crippen molar-refractivity contribution >= 4 is 17.9 Å². The number of halogens is 1. The van der Waals surface area contributed by atoms with E-state index in [1.807, 2.05) is 35.4 Å². The Balaban J connectivity index is 2.38. The van der Waals surface area contributed by atoms with E-state index in [9.17, 15) is 4.79 Å². The molecule has 0 atom stereocenters. The molecule has 0 aliphatic heterocycles. The van der Waals surface area contributed by atoms with Crippen LogP contribution in [-0.2, 0) is 13.1 Å². The third-order valence-corrected chi connectivity index (χ3v) is 3.25. The quantitative estimate of drug-likeness (QED) is 0.784. The highest BCUT2D eigenvalue weighted by Crippen LogP contribution is 2.21. The van der Waals surface area contributed by atoms with E-state index in [1.54, 1.807) is 6.07 Å². The molecule has 0 spiro atoms. The van der Waals surface area contributed by atoms with Crippen molar-refractivity contribution < 1.29 is 4.79 Å². The van der Waals surface area contributed by atoms with Gasteiger partial charge in [0, 0.05) is 12.7 Å². The van der Waals surface area contributed by atoms with Gasteiger partial charge in [-0.1, -0.05) is 11.6 Å². The van der Waals surface area contributed by atoms with Gasteiger partial charge < -0.3 is 4.57 Å². The van der Waals surface area contributed by atoms with Crippen LogP contribution in [0.25, 0.3) is 0 Å². The van der Waals surface area contributed by atoms with Crippen LogP contribution < -0.4 is 0 Å². The summed E-state index contributed by atoms with van der Waals surface area (Å²) in [5.41, 5.74) is 2.40. The van der Waals surface area contributed by atoms with Gasteiger partial charge in [0.05, 0.1) is 28.6 Å². The first kappa shape index (κ1) is 11.9. The molecule has 2 rings (SSSR count). The average Bonchev–Trinajstić information content (AvgIpc) is 2.88. The minimum Gasteiger partial charge on any atom is -0.339 e. The molecule has 0 radical (unpaired) electrons. The molecule has 0 N–H and O–H groups in total. The number of nitrogens with zero attached hydrogens (tertiary/aromatic N) is 3. The van der Waals surface area contributed by atoms with Gasteiger partial charge in [-0.2, -0.15) is 5.10 Å². The first-order chi connectivity index (χ1) is 8.17. The van der Waals surface area contributed by atoms with Gasteiger partial charge in [-0.05, 0) is 26.0 Å². The van der Waals surface area contributed by atoms with Gasteiger partial charge >= 0.3 is 0 Å². The molecule has 0 aliphatic rings. The Hall–Kier alpha value is -1.55. The van der Waals surface area contributed by atoms with Gasteiger partial charge in [0.25, 0.3) is 0 Å². The Morgan fingerprint density at radius 2 is 2.29 bits per heavy atom.